The van der Waals surface area contributed by atoms with Crippen LogP contribution in [0, 0.1) is 0 Å². The zero-order valence-electron chi connectivity index (χ0n) is 12.9. The van der Waals surface area contributed by atoms with E-state index in [1.54, 1.807) is 34.5 Å². The first-order valence-corrected chi connectivity index (χ1v) is 10.2. The van der Waals surface area contributed by atoms with E-state index in [4.69, 9.17) is 11.6 Å². The van der Waals surface area contributed by atoms with Gasteiger partial charge in [0.2, 0.25) is 5.91 Å². The summed E-state index contributed by atoms with van der Waals surface area (Å²) in [5.74, 6) is 0.00509. The maximum Gasteiger partial charge on any atom is 0.252 e. The second-order valence-corrected chi connectivity index (χ2v) is 9.07. The molecule has 1 fully saturated rings. The molecule has 5 nitrogen and oxygen atoms in total. The van der Waals surface area contributed by atoms with E-state index < -0.39 is 10.0 Å². The maximum absolute atomic E-state index is 12.5. The summed E-state index contributed by atoms with van der Waals surface area (Å²) in [4.78, 5) is 14.1. The average molecular weight is 385 g/mol. The lowest BCUT2D eigenvalue weighted by Crippen LogP contribution is -2.50. The van der Waals surface area contributed by atoms with Gasteiger partial charge in [-0.1, -0.05) is 29.8 Å². The van der Waals surface area contributed by atoms with Gasteiger partial charge < -0.3 is 4.90 Å². The van der Waals surface area contributed by atoms with E-state index >= 15 is 0 Å². The van der Waals surface area contributed by atoms with Crippen LogP contribution < -0.4 is 0 Å². The summed E-state index contributed by atoms with van der Waals surface area (Å²) in [6.07, 6.45) is 0.300. The summed E-state index contributed by atoms with van der Waals surface area (Å²) in [5, 5.41) is 2.39. The molecule has 1 aromatic heterocycles. The normalized spacial score (nSPS) is 16.3. The van der Waals surface area contributed by atoms with E-state index in [2.05, 4.69) is 0 Å². The predicted molar refractivity (Wildman–Crippen MR) is 94.8 cm³/mol. The second-order valence-electron chi connectivity index (χ2n) is 5.52. The molecule has 1 aromatic carbocycles. The van der Waals surface area contributed by atoms with Crippen LogP contribution >= 0.6 is 22.9 Å². The summed E-state index contributed by atoms with van der Waals surface area (Å²) >= 11 is 7.05. The summed E-state index contributed by atoms with van der Waals surface area (Å²) in [7, 11) is -3.43. The minimum absolute atomic E-state index is 0.00509. The third-order valence-electron chi connectivity index (χ3n) is 3.95. The number of sulfonamides is 1. The van der Waals surface area contributed by atoms with Gasteiger partial charge in [-0.2, -0.15) is 4.31 Å². The van der Waals surface area contributed by atoms with Crippen molar-refractivity contribution in [1.82, 2.24) is 9.21 Å². The topological polar surface area (TPSA) is 57.7 Å². The third kappa shape index (κ3) is 3.80. The summed E-state index contributed by atoms with van der Waals surface area (Å²) < 4.78 is 26.7. The van der Waals surface area contributed by atoms with E-state index in [9.17, 15) is 13.2 Å². The van der Waals surface area contributed by atoms with Crippen molar-refractivity contribution >= 4 is 38.9 Å². The van der Waals surface area contributed by atoms with Crippen LogP contribution in [0.2, 0.25) is 5.02 Å². The molecule has 2 aromatic rings. The molecule has 3 rings (SSSR count). The van der Waals surface area contributed by atoms with E-state index in [-0.39, 0.29) is 5.91 Å². The second kappa shape index (κ2) is 7.23. The molecule has 0 spiro atoms. The summed E-state index contributed by atoms with van der Waals surface area (Å²) in [6.45, 7) is 1.48. The Morgan fingerprint density at radius 1 is 1.08 bits per heavy atom. The van der Waals surface area contributed by atoms with Crippen molar-refractivity contribution in [1.29, 1.82) is 0 Å². The molecule has 0 atom stereocenters. The number of carbonyl (C=O) groups is 1. The molecule has 1 aliphatic rings. The van der Waals surface area contributed by atoms with Gasteiger partial charge in [-0.05, 0) is 29.1 Å². The fourth-order valence-electron chi connectivity index (χ4n) is 2.60. The zero-order chi connectivity index (χ0) is 17.2. The molecule has 128 valence electrons. The highest BCUT2D eigenvalue weighted by Crippen LogP contribution is 2.22. The molecule has 0 saturated carbocycles. The Morgan fingerprint density at radius 2 is 1.75 bits per heavy atom. The lowest BCUT2D eigenvalue weighted by molar-refractivity contribution is -0.131. The molecular weight excluding hydrogens is 368 g/mol. The zero-order valence-corrected chi connectivity index (χ0v) is 15.3. The average Bonchev–Trinajstić information content (AvgIpc) is 3.12. The minimum Gasteiger partial charge on any atom is -0.340 e. The highest BCUT2D eigenvalue weighted by atomic mass is 35.5. The molecule has 8 heteroatoms. The Morgan fingerprint density at radius 3 is 2.33 bits per heavy atom. The van der Waals surface area contributed by atoms with Crippen molar-refractivity contribution in [3.8, 4) is 0 Å². The van der Waals surface area contributed by atoms with E-state index in [0.717, 1.165) is 5.56 Å². The molecule has 24 heavy (non-hydrogen) atoms. The number of nitrogens with zero attached hydrogens (tertiary/aromatic N) is 2. The number of halogens is 1. The van der Waals surface area contributed by atoms with E-state index in [1.807, 2.05) is 12.1 Å². The maximum atomic E-state index is 12.5. The smallest absolute Gasteiger partial charge is 0.252 e. The minimum atomic E-state index is -3.43. The molecule has 2 heterocycles. The van der Waals surface area contributed by atoms with Crippen molar-refractivity contribution in [3.05, 3.63) is 52.4 Å². The van der Waals surface area contributed by atoms with Crippen molar-refractivity contribution in [2.24, 2.45) is 0 Å². The number of amides is 1. The van der Waals surface area contributed by atoms with Gasteiger partial charge in [0.05, 0.1) is 6.42 Å². The van der Waals surface area contributed by atoms with Crippen molar-refractivity contribution in [2.45, 2.75) is 10.6 Å². The SMILES string of the molecule is O=C(Cc1ccc(Cl)cc1)N1CCN(S(=O)(=O)c2cccs2)CC1. The van der Waals surface area contributed by atoms with Gasteiger partial charge in [-0.25, -0.2) is 8.42 Å². The van der Waals surface area contributed by atoms with Crippen LogP contribution in [0.4, 0.5) is 0 Å². The largest absolute Gasteiger partial charge is 0.340 e. The number of piperazine rings is 1. The Kier molecular flexibility index (Phi) is 5.24. The molecule has 1 aliphatic heterocycles. The van der Waals surface area contributed by atoms with Crippen LogP contribution in [-0.2, 0) is 21.2 Å². The number of benzene rings is 1. The fourth-order valence-corrected chi connectivity index (χ4v) is 5.30. The van der Waals surface area contributed by atoms with Gasteiger partial charge in [0.15, 0.2) is 0 Å². The molecule has 0 N–H and O–H groups in total. The number of hydrogen-bond acceptors (Lipinski definition) is 4. The Bertz CT molecular complexity index is 796. The first-order chi connectivity index (χ1) is 11.5. The quantitative estimate of drug-likeness (QED) is 0.813. The van der Waals surface area contributed by atoms with Gasteiger partial charge in [-0.3, -0.25) is 4.79 Å². The number of rotatable bonds is 4. The van der Waals surface area contributed by atoms with Gasteiger partial charge in [0, 0.05) is 31.2 Å². The number of thiophene rings is 1. The van der Waals surface area contributed by atoms with Crippen LogP contribution in [0.3, 0.4) is 0 Å². The van der Waals surface area contributed by atoms with Crippen molar-refractivity contribution in [2.75, 3.05) is 26.2 Å². The highest BCUT2D eigenvalue weighted by Gasteiger charge is 2.30. The Hall–Kier alpha value is -1.41. The number of hydrogen-bond donors (Lipinski definition) is 0. The first kappa shape index (κ1) is 17.4. The van der Waals surface area contributed by atoms with E-state index in [0.29, 0.717) is 41.8 Å². The van der Waals surface area contributed by atoms with Crippen LogP contribution in [0.1, 0.15) is 5.56 Å². The Labute approximate surface area is 150 Å². The van der Waals surface area contributed by atoms with Gasteiger partial charge in [-0.15, -0.1) is 11.3 Å². The molecule has 0 unspecified atom stereocenters. The fraction of sp³-hybridized carbons (Fsp3) is 0.312. The molecule has 0 aliphatic carbocycles. The molecular formula is C16H17ClN2O3S2. The Balaban J connectivity index is 1.58. The lowest BCUT2D eigenvalue weighted by Gasteiger charge is -2.33. The molecule has 0 bridgehead atoms. The molecule has 0 radical (unpaired) electrons. The molecule has 1 saturated heterocycles. The van der Waals surface area contributed by atoms with Crippen molar-refractivity contribution < 1.29 is 13.2 Å². The number of carbonyl (C=O) groups excluding carboxylic acids is 1. The first-order valence-electron chi connectivity index (χ1n) is 7.53. The van der Waals surface area contributed by atoms with Crippen LogP contribution in [0.25, 0.3) is 0 Å². The van der Waals surface area contributed by atoms with Gasteiger partial charge >= 0.3 is 0 Å². The predicted octanol–water partition coefficient (Wildman–Crippen LogP) is 2.48. The van der Waals surface area contributed by atoms with Crippen LogP contribution in [0.5, 0.6) is 0 Å². The third-order valence-corrected chi connectivity index (χ3v) is 7.47. The highest BCUT2D eigenvalue weighted by molar-refractivity contribution is 7.91. The van der Waals surface area contributed by atoms with Crippen molar-refractivity contribution in [3.63, 3.8) is 0 Å². The lowest BCUT2D eigenvalue weighted by atomic mass is 10.1. The summed E-state index contributed by atoms with van der Waals surface area (Å²) in [5.41, 5.74) is 0.901. The van der Waals surface area contributed by atoms with Crippen LogP contribution in [-0.4, -0.2) is 49.7 Å². The summed E-state index contributed by atoms with van der Waals surface area (Å²) in [6, 6.07) is 10.5. The van der Waals surface area contributed by atoms with E-state index in [1.165, 1.54) is 15.6 Å². The molecule has 1 amide bonds. The van der Waals surface area contributed by atoms with Gasteiger partial charge in [0.1, 0.15) is 4.21 Å². The standard InChI is InChI=1S/C16H17ClN2O3S2/c17-14-5-3-13(4-6-14)12-15(20)18-7-9-19(10-8-18)24(21,22)16-2-1-11-23-16/h1-6,11H,7-10,12H2. The van der Waals surface area contributed by atoms with Gasteiger partial charge in [0.25, 0.3) is 10.0 Å². The monoisotopic (exact) mass is 384 g/mol. The van der Waals surface area contributed by atoms with Crippen LogP contribution in [0.15, 0.2) is 46.0 Å².